The molecule has 6 nitrogen and oxygen atoms in total. The van der Waals surface area contributed by atoms with Crippen molar-refractivity contribution in [1.82, 2.24) is 10.2 Å². The molecule has 5 atom stereocenters. The molecule has 3 rings (SSSR count). The van der Waals surface area contributed by atoms with E-state index in [2.05, 4.69) is 12.2 Å². The van der Waals surface area contributed by atoms with Crippen LogP contribution in [0, 0.1) is 23.5 Å². The number of carbonyl (C=O) groups excluding carboxylic acids is 1. The summed E-state index contributed by atoms with van der Waals surface area (Å²) < 4.78 is 29.7. The summed E-state index contributed by atoms with van der Waals surface area (Å²) >= 11 is 0. The molecule has 0 aromatic heterocycles. The first-order valence-corrected chi connectivity index (χ1v) is 14.9. The van der Waals surface area contributed by atoms with Gasteiger partial charge in [-0.25, -0.2) is 13.6 Å². The Morgan fingerprint density at radius 2 is 1.70 bits per heavy atom. The zero-order valence-electron chi connectivity index (χ0n) is 24.7. The second-order valence-electron chi connectivity index (χ2n) is 11.6. The van der Waals surface area contributed by atoms with Crippen LogP contribution in [0.5, 0.6) is 0 Å². The molecule has 0 bridgehead atoms. The number of halogens is 2. The summed E-state index contributed by atoms with van der Waals surface area (Å²) in [6, 6.07) is 2.06. The second-order valence-corrected chi connectivity index (χ2v) is 11.6. The van der Waals surface area contributed by atoms with Gasteiger partial charge in [-0.15, -0.1) is 0 Å². The zero-order chi connectivity index (χ0) is 29.6. The lowest BCUT2D eigenvalue weighted by molar-refractivity contribution is -0.137. The van der Waals surface area contributed by atoms with Crippen LogP contribution in [0.15, 0.2) is 41.0 Å². The van der Waals surface area contributed by atoms with Crippen LogP contribution in [0.3, 0.4) is 0 Å². The van der Waals surface area contributed by atoms with Crippen molar-refractivity contribution in [2.45, 2.75) is 97.1 Å². The average Bonchev–Trinajstić information content (AvgIpc) is 2.90. The molecule has 0 spiro atoms. The Morgan fingerprint density at radius 1 is 1.10 bits per heavy atom. The molecular formula is C32H47F2N3O3. The monoisotopic (exact) mass is 559 g/mol. The highest BCUT2D eigenvalue weighted by Crippen LogP contribution is 2.48. The van der Waals surface area contributed by atoms with Crippen molar-refractivity contribution in [3.05, 3.63) is 58.2 Å². The van der Waals surface area contributed by atoms with Gasteiger partial charge in [0, 0.05) is 31.7 Å². The molecule has 0 saturated heterocycles. The quantitative estimate of drug-likeness (QED) is 0.305. The van der Waals surface area contributed by atoms with Crippen LogP contribution < -0.4 is 11.1 Å². The van der Waals surface area contributed by atoms with Gasteiger partial charge >= 0.3 is 5.97 Å². The predicted octanol–water partition coefficient (Wildman–Crippen LogP) is 5.71. The van der Waals surface area contributed by atoms with Crippen molar-refractivity contribution in [3.63, 3.8) is 0 Å². The van der Waals surface area contributed by atoms with E-state index in [-0.39, 0.29) is 17.1 Å². The fraction of sp³-hybridized carbons (Fsp3) is 0.625. The topological polar surface area (TPSA) is 95.7 Å². The van der Waals surface area contributed by atoms with E-state index < -0.39 is 35.0 Å². The fourth-order valence-electron chi connectivity index (χ4n) is 6.91. The van der Waals surface area contributed by atoms with Crippen molar-refractivity contribution < 1.29 is 23.5 Å². The van der Waals surface area contributed by atoms with E-state index in [4.69, 9.17) is 5.73 Å². The molecule has 222 valence electrons. The number of hydrogen-bond donors (Lipinski definition) is 3. The van der Waals surface area contributed by atoms with Crippen molar-refractivity contribution in [2.75, 3.05) is 19.6 Å². The molecule has 3 unspecified atom stereocenters. The van der Waals surface area contributed by atoms with E-state index in [1.54, 1.807) is 17.9 Å². The third-order valence-corrected chi connectivity index (χ3v) is 8.84. The molecule has 40 heavy (non-hydrogen) atoms. The normalized spacial score (nSPS) is 25.9. The summed E-state index contributed by atoms with van der Waals surface area (Å²) in [6.07, 6.45) is 8.12. The SMILES string of the molecule is CCCN(CCC)C(=O)C1(c2cc(F)cc(F)c2)C([C@@H](CC)CNC2CCCCC2C)=C(C)C=C(C(=O)O)[C@H]1N. The van der Waals surface area contributed by atoms with Gasteiger partial charge in [-0.05, 0) is 85.8 Å². The molecule has 4 N–H and O–H groups in total. The first kappa shape index (κ1) is 31.9. The fourth-order valence-corrected chi connectivity index (χ4v) is 6.91. The molecule has 2 aliphatic carbocycles. The van der Waals surface area contributed by atoms with Crippen LogP contribution in [0.25, 0.3) is 0 Å². The third kappa shape index (κ3) is 6.33. The second kappa shape index (κ2) is 13.9. The molecule has 1 aromatic carbocycles. The smallest absolute Gasteiger partial charge is 0.333 e. The lowest BCUT2D eigenvalue weighted by atomic mass is 9.58. The summed E-state index contributed by atoms with van der Waals surface area (Å²) in [4.78, 5) is 29.0. The number of aliphatic carboxylic acids is 1. The molecule has 1 amide bonds. The van der Waals surface area contributed by atoms with Crippen molar-refractivity contribution in [2.24, 2.45) is 17.6 Å². The van der Waals surface area contributed by atoms with Gasteiger partial charge in [-0.3, -0.25) is 4.79 Å². The maximum absolute atomic E-state index is 14.9. The van der Waals surface area contributed by atoms with E-state index in [0.717, 1.165) is 37.5 Å². The number of nitrogens with two attached hydrogens (primary N) is 1. The summed E-state index contributed by atoms with van der Waals surface area (Å²) in [5.74, 6) is -3.02. The Bertz CT molecular complexity index is 1110. The number of carboxylic acids is 1. The highest BCUT2D eigenvalue weighted by atomic mass is 19.1. The van der Waals surface area contributed by atoms with Crippen molar-refractivity contribution >= 4 is 11.9 Å². The van der Waals surface area contributed by atoms with Gasteiger partial charge in [0.15, 0.2) is 0 Å². The highest BCUT2D eigenvalue weighted by Gasteiger charge is 2.56. The minimum Gasteiger partial charge on any atom is -0.478 e. The van der Waals surface area contributed by atoms with E-state index in [1.165, 1.54) is 6.42 Å². The number of nitrogens with zero attached hydrogens (tertiary/aromatic N) is 1. The highest BCUT2D eigenvalue weighted by molar-refractivity contribution is 5.99. The Kier molecular flexibility index (Phi) is 11.1. The number of carboxylic acid groups (broad SMARTS) is 1. The van der Waals surface area contributed by atoms with Crippen molar-refractivity contribution in [1.29, 1.82) is 0 Å². The largest absolute Gasteiger partial charge is 0.478 e. The molecule has 1 fully saturated rings. The van der Waals surface area contributed by atoms with E-state index >= 15 is 0 Å². The standard InChI is InChI=1S/C32H47F2N3O3/c1-6-13-37(14-7-2)31(40)32(23-16-24(33)18-25(34)17-23)28(21(5)15-26(29(32)35)30(38)39)22(8-3)19-36-27-12-10-9-11-20(27)4/h15-18,20,22,27,29,36H,6-14,19,35H2,1-5H3,(H,38,39)/t20?,22-,27?,29+,32?/m0/s1. The predicted molar refractivity (Wildman–Crippen MR) is 155 cm³/mol. The minimum atomic E-state index is -1.78. The zero-order valence-corrected chi connectivity index (χ0v) is 24.7. The van der Waals surface area contributed by atoms with E-state index in [1.807, 2.05) is 20.8 Å². The van der Waals surface area contributed by atoms with Crippen LogP contribution in [0.2, 0.25) is 0 Å². The third-order valence-electron chi connectivity index (χ3n) is 8.84. The maximum atomic E-state index is 14.9. The Hall–Kier alpha value is -2.58. The first-order valence-electron chi connectivity index (χ1n) is 14.9. The number of amides is 1. The number of benzene rings is 1. The van der Waals surface area contributed by atoms with Crippen LogP contribution >= 0.6 is 0 Å². The van der Waals surface area contributed by atoms with Crippen molar-refractivity contribution in [3.8, 4) is 0 Å². The van der Waals surface area contributed by atoms with Crippen LogP contribution in [-0.4, -0.2) is 53.6 Å². The number of rotatable bonds is 12. The molecule has 1 aromatic rings. The first-order chi connectivity index (χ1) is 19.0. The molecule has 2 aliphatic rings. The van der Waals surface area contributed by atoms with Gasteiger partial charge in [-0.2, -0.15) is 0 Å². The lowest BCUT2D eigenvalue weighted by Gasteiger charge is -2.48. The van der Waals surface area contributed by atoms with E-state index in [0.29, 0.717) is 62.0 Å². The van der Waals surface area contributed by atoms with Gasteiger partial charge in [0.1, 0.15) is 17.0 Å². The number of hydrogen-bond acceptors (Lipinski definition) is 4. The van der Waals surface area contributed by atoms with Crippen LogP contribution in [0.4, 0.5) is 8.78 Å². The average molecular weight is 560 g/mol. The Balaban J connectivity index is 2.30. The molecule has 8 heteroatoms. The summed E-state index contributed by atoms with van der Waals surface area (Å²) in [5.41, 5.74) is 6.23. The Labute approximate surface area is 238 Å². The molecule has 1 saturated carbocycles. The maximum Gasteiger partial charge on any atom is 0.333 e. The van der Waals surface area contributed by atoms with Crippen LogP contribution in [0.1, 0.15) is 85.1 Å². The van der Waals surface area contributed by atoms with Gasteiger partial charge in [0.25, 0.3) is 0 Å². The minimum absolute atomic E-state index is 0.0605. The van der Waals surface area contributed by atoms with Gasteiger partial charge in [0.2, 0.25) is 5.91 Å². The van der Waals surface area contributed by atoms with Gasteiger partial charge < -0.3 is 21.1 Å². The Morgan fingerprint density at radius 3 is 2.23 bits per heavy atom. The number of allylic oxidation sites excluding steroid dienone is 2. The summed E-state index contributed by atoms with van der Waals surface area (Å²) in [5, 5.41) is 13.9. The molecule has 0 heterocycles. The van der Waals surface area contributed by atoms with E-state index in [9.17, 15) is 23.5 Å². The van der Waals surface area contributed by atoms with Gasteiger partial charge in [-0.1, -0.05) is 40.5 Å². The summed E-state index contributed by atoms with van der Waals surface area (Å²) in [7, 11) is 0. The number of carbonyl (C=O) groups is 2. The molecule has 0 aliphatic heterocycles. The van der Waals surface area contributed by atoms with Gasteiger partial charge in [0.05, 0.1) is 11.6 Å². The lowest BCUT2D eigenvalue weighted by Crippen LogP contribution is -2.62. The summed E-state index contributed by atoms with van der Waals surface area (Å²) in [6.45, 7) is 11.4. The molecule has 0 radical (unpaired) electrons. The van der Waals surface area contributed by atoms with Crippen LogP contribution in [-0.2, 0) is 15.0 Å². The molecular weight excluding hydrogens is 512 g/mol. The number of nitrogens with one attached hydrogen (secondary N) is 1.